The van der Waals surface area contributed by atoms with Crippen molar-refractivity contribution in [2.24, 2.45) is 22.7 Å². The summed E-state index contributed by atoms with van der Waals surface area (Å²) in [5, 5.41) is 3.47. The van der Waals surface area contributed by atoms with Gasteiger partial charge in [0.15, 0.2) is 11.7 Å². The summed E-state index contributed by atoms with van der Waals surface area (Å²) in [7, 11) is 0. The maximum atomic E-state index is 12.4. The van der Waals surface area contributed by atoms with E-state index in [0.717, 1.165) is 44.7 Å². The first-order chi connectivity index (χ1) is 23.7. The van der Waals surface area contributed by atoms with Gasteiger partial charge < -0.3 is 33.9 Å². The van der Waals surface area contributed by atoms with Crippen LogP contribution in [0.1, 0.15) is 145 Å². The van der Waals surface area contributed by atoms with E-state index in [4.69, 9.17) is 23.7 Å². The van der Waals surface area contributed by atoms with Gasteiger partial charge in [0.2, 0.25) is 0 Å². The highest BCUT2D eigenvalue weighted by atomic mass is 35.5. The number of ether oxygens (including phenoxy) is 5. The minimum Gasteiger partial charge on any atom is -0.464 e. The number of amides is 1. The molecule has 4 fully saturated rings. The zero-order chi connectivity index (χ0) is 36.8. The van der Waals surface area contributed by atoms with E-state index in [-0.39, 0.29) is 41.3 Å². The second-order valence-electron chi connectivity index (χ2n) is 16.8. The van der Waals surface area contributed by atoms with E-state index in [2.05, 4.69) is 5.32 Å². The first-order valence-corrected chi connectivity index (χ1v) is 19.9. The van der Waals surface area contributed by atoms with Crippen LogP contribution in [0.4, 0.5) is 4.79 Å². The van der Waals surface area contributed by atoms with E-state index < -0.39 is 17.3 Å². The average Bonchev–Trinajstić information content (AvgIpc) is 3.11. The Balaban J connectivity index is 0.000000356. The second kappa shape index (κ2) is 21.3. The van der Waals surface area contributed by atoms with E-state index in [1.165, 1.54) is 64.2 Å². The Kier molecular flexibility index (Phi) is 19.0. The molecule has 2 heterocycles. The lowest BCUT2D eigenvalue weighted by Gasteiger charge is -2.48. The van der Waals surface area contributed by atoms with Crippen molar-refractivity contribution in [3.05, 3.63) is 0 Å². The molecule has 0 aromatic rings. The highest BCUT2D eigenvalue weighted by Gasteiger charge is 2.45. The molecule has 1 atom stereocenters. The second-order valence-corrected chi connectivity index (χ2v) is 16.8. The van der Waals surface area contributed by atoms with Crippen molar-refractivity contribution in [3.63, 3.8) is 0 Å². The highest BCUT2D eigenvalue weighted by Crippen LogP contribution is 2.47. The van der Waals surface area contributed by atoms with Gasteiger partial charge >= 0.3 is 18.0 Å². The zero-order valence-corrected chi connectivity index (χ0v) is 34.2. The Labute approximate surface area is 315 Å². The Hall–Kier alpha value is -1.62. The van der Waals surface area contributed by atoms with E-state index in [1.807, 2.05) is 46.4 Å². The number of nitrogens with one attached hydrogen (secondary N) is 1. The molecule has 0 spiro atoms. The van der Waals surface area contributed by atoms with Crippen LogP contribution < -0.4 is 5.32 Å². The number of carbonyl (C=O) groups is 3. The lowest BCUT2D eigenvalue weighted by atomic mass is 9.64. The minimum atomic E-state index is -0.845. The molecule has 2 aliphatic carbocycles. The van der Waals surface area contributed by atoms with E-state index in [1.54, 1.807) is 13.8 Å². The van der Waals surface area contributed by atoms with Gasteiger partial charge in [-0.25, -0.2) is 14.4 Å². The maximum Gasteiger partial charge on any atom is 0.410 e. The lowest BCUT2D eigenvalue weighted by molar-refractivity contribution is -0.175. The van der Waals surface area contributed by atoms with Crippen LogP contribution in [0.2, 0.25) is 0 Å². The number of piperidine rings is 2. The number of hydrogen-bond donors (Lipinski definition) is 1. The van der Waals surface area contributed by atoms with Crippen molar-refractivity contribution in [3.8, 4) is 0 Å². The summed E-state index contributed by atoms with van der Waals surface area (Å²) in [5.74, 6) is 0.799. The predicted molar refractivity (Wildman–Crippen MR) is 203 cm³/mol. The molecule has 2 saturated carbocycles. The van der Waals surface area contributed by atoms with Crippen LogP contribution in [-0.4, -0.2) is 92.8 Å². The molecule has 298 valence electrons. The van der Waals surface area contributed by atoms with Crippen molar-refractivity contribution in [1.29, 1.82) is 0 Å². The molecule has 0 bridgehead atoms. The molecule has 1 unspecified atom stereocenters. The van der Waals surface area contributed by atoms with E-state index >= 15 is 0 Å². The third-order valence-corrected chi connectivity index (χ3v) is 11.7. The molecule has 2 saturated heterocycles. The highest BCUT2D eigenvalue weighted by molar-refractivity contribution is 5.85. The van der Waals surface area contributed by atoms with Crippen LogP contribution in [0.5, 0.6) is 0 Å². The molecule has 0 aromatic carbocycles. The van der Waals surface area contributed by atoms with Gasteiger partial charge in [0.25, 0.3) is 0 Å². The monoisotopic (exact) mass is 745 g/mol. The number of hydrogen-bond acceptors (Lipinski definition) is 9. The molecule has 10 nitrogen and oxygen atoms in total. The minimum absolute atomic E-state index is 0. The summed E-state index contributed by atoms with van der Waals surface area (Å²) >= 11 is 0. The molecule has 1 amide bonds. The van der Waals surface area contributed by atoms with Gasteiger partial charge in [-0.2, -0.15) is 0 Å². The van der Waals surface area contributed by atoms with Gasteiger partial charge in [0.1, 0.15) is 5.60 Å². The molecule has 2 aliphatic heterocycles. The molecule has 4 aliphatic rings. The van der Waals surface area contributed by atoms with Crippen molar-refractivity contribution in [2.75, 3.05) is 52.6 Å². The van der Waals surface area contributed by atoms with Crippen LogP contribution in [0.25, 0.3) is 0 Å². The van der Waals surface area contributed by atoms with Crippen LogP contribution in [0.3, 0.4) is 0 Å². The quantitative estimate of drug-likeness (QED) is 0.156. The van der Waals surface area contributed by atoms with Crippen molar-refractivity contribution >= 4 is 30.4 Å². The van der Waals surface area contributed by atoms with Gasteiger partial charge in [-0.15, -0.1) is 12.4 Å². The van der Waals surface area contributed by atoms with Gasteiger partial charge in [-0.3, -0.25) is 0 Å². The van der Waals surface area contributed by atoms with Crippen molar-refractivity contribution in [1.82, 2.24) is 10.2 Å². The Bertz CT molecular complexity index is 1040. The largest absolute Gasteiger partial charge is 0.464 e. The summed E-state index contributed by atoms with van der Waals surface area (Å²) in [6.07, 6.45) is 16.3. The average molecular weight is 745 g/mol. The Morgan fingerprint density at radius 2 is 1.24 bits per heavy atom. The molecule has 11 heteroatoms. The van der Waals surface area contributed by atoms with Crippen molar-refractivity contribution in [2.45, 2.75) is 163 Å². The normalized spacial score (nSPS) is 22.0. The first-order valence-electron chi connectivity index (χ1n) is 19.9. The Morgan fingerprint density at radius 3 is 1.71 bits per heavy atom. The van der Waals surface area contributed by atoms with Crippen LogP contribution in [-0.2, 0) is 33.3 Å². The Morgan fingerprint density at radius 1 is 0.745 bits per heavy atom. The summed E-state index contributed by atoms with van der Waals surface area (Å²) in [6, 6.07) is 0. The molecule has 51 heavy (non-hydrogen) atoms. The number of carbonyl (C=O) groups excluding carboxylic acids is 3. The molecular weight excluding hydrogens is 672 g/mol. The molecule has 0 radical (unpaired) electrons. The molecule has 1 N–H and O–H groups in total. The van der Waals surface area contributed by atoms with Crippen LogP contribution in [0, 0.1) is 22.7 Å². The molecule has 4 rings (SSSR count). The fraction of sp³-hybridized carbons (Fsp3) is 0.925. The summed E-state index contributed by atoms with van der Waals surface area (Å²) < 4.78 is 27.9. The summed E-state index contributed by atoms with van der Waals surface area (Å²) in [5.41, 5.74) is -1.05. The van der Waals surface area contributed by atoms with Gasteiger partial charge in [-0.05, 0) is 143 Å². The number of rotatable bonds is 12. The van der Waals surface area contributed by atoms with Crippen LogP contribution >= 0.6 is 12.4 Å². The van der Waals surface area contributed by atoms with Gasteiger partial charge in [-0.1, -0.05) is 38.5 Å². The number of likely N-dealkylation sites (tertiary alicyclic amines) is 1. The van der Waals surface area contributed by atoms with E-state index in [0.29, 0.717) is 45.4 Å². The maximum absolute atomic E-state index is 12.4. The van der Waals surface area contributed by atoms with Crippen molar-refractivity contribution < 1.29 is 38.1 Å². The fourth-order valence-corrected chi connectivity index (χ4v) is 8.46. The predicted octanol–water partition coefficient (Wildman–Crippen LogP) is 8.27. The first kappa shape index (κ1) is 45.5. The summed E-state index contributed by atoms with van der Waals surface area (Å²) in [4.78, 5) is 38.3. The number of halogens is 1. The number of esters is 2. The summed E-state index contributed by atoms with van der Waals surface area (Å²) in [6.45, 7) is 20.3. The lowest BCUT2D eigenvalue weighted by Crippen LogP contribution is -2.50. The molecular formula is C40H73ClN2O8. The van der Waals surface area contributed by atoms with E-state index in [9.17, 15) is 14.4 Å². The number of nitrogens with zero attached hydrogens (tertiary/aromatic N) is 1. The van der Waals surface area contributed by atoms with Gasteiger partial charge in [0, 0.05) is 13.1 Å². The smallest absolute Gasteiger partial charge is 0.410 e. The fourth-order valence-electron chi connectivity index (χ4n) is 8.46. The molecule has 0 aromatic heterocycles. The third-order valence-electron chi connectivity index (χ3n) is 11.7. The third kappa shape index (κ3) is 13.9. The zero-order valence-electron chi connectivity index (χ0n) is 33.4. The van der Waals surface area contributed by atoms with Crippen LogP contribution in [0.15, 0.2) is 0 Å². The standard InChI is InChI=1S/C22H39NO5.C18H33NO3.ClH/c1-6-26-19(24)17(2)27-16-22(18-10-8-7-9-11-18)12-14-23(15-13-22)20(25)28-21(3,4)5;1-4-21-16(20)17(2,3)22-14-18(10-12-19-13-11-18)15-8-6-5-7-9-15;/h17-18H,6-16H2,1-5H3;15,19H,4-14H2,1-3H3;1H. The van der Waals surface area contributed by atoms with Gasteiger partial charge in [0.05, 0.1) is 26.4 Å². The topological polar surface area (TPSA) is 113 Å². The SMILES string of the molecule is CCOC(=O)C(C)(C)OCC1(C2CCCCC2)CCNCC1.CCOC(=O)C(C)OCC1(C2CCCCC2)CCN(C(=O)OC(C)(C)C)CC1.Cl.